The van der Waals surface area contributed by atoms with Gasteiger partial charge in [0.05, 0.1) is 0 Å². The fourth-order valence-corrected chi connectivity index (χ4v) is 3.71. The number of carbonyl (C=O) groups excluding carboxylic acids is 1. The maximum atomic E-state index is 11.9. The summed E-state index contributed by atoms with van der Waals surface area (Å²) in [6.45, 7) is 2.43. The molecule has 2 heterocycles. The first-order chi connectivity index (χ1) is 16.2. The summed E-state index contributed by atoms with van der Waals surface area (Å²) < 4.78 is 5.94. The molecule has 7 nitrogen and oxygen atoms in total. The molecule has 0 spiro atoms. The smallest absolute Gasteiger partial charge is 0.227 e. The number of carbonyl (C=O) groups is 1. The van der Waals surface area contributed by atoms with Crippen LogP contribution in [0.15, 0.2) is 77.9 Å². The Hall–Kier alpha value is -3.87. The standard InChI is InChI=1S/C26H29N5O2/c1-27-26(29-17-20-11-13-23(14-12-20)31-16-6-10-24(31)32)30-18-22-9-5-15-28-25(22)33-19-21-7-3-2-4-8-21/h2-5,7-9,11-15H,6,10,16-19H2,1H3,(H2,27,29,30). The van der Waals surface area contributed by atoms with Crippen LogP contribution in [0.5, 0.6) is 5.88 Å². The zero-order valence-corrected chi connectivity index (χ0v) is 18.8. The molecule has 0 unspecified atom stereocenters. The van der Waals surface area contributed by atoms with E-state index >= 15 is 0 Å². The van der Waals surface area contributed by atoms with Crippen molar-refractivity contribution in [2.24, 2.45) is 4.99 Å². The molecule has 1 saturated heterocycles. The third-order valence-corrected chi connectivity index (χ3v) is 5.52. The molecule has 1 amide bonds. The van der Waals surface area contributed by atoms with Crippen molar-refractivity contribution in [2.75, 3.05) is 18.5 Å². The Balaban J connectivity index is 1.29. The second-order valence-corrected chi connectivity index (χ2v) is 7.84. The average molecular weight is 444 g/mol. The monoisotopic (exact) mass is 443 g/mol. The van der Waals surface area contributed by atoms with Crippen LogP contribution in [0.4, 0.5) is 5.69 Å². The third-order valence-electron chi connectivity index (χ3n) is 5.52. The first kappa shape index (κ1) is 22.3. The Morgan fingerprint density at radius 1 is 1.00 bits per heavy atom. The lowest BCUT2D eigenvalue weighted by molar-refractivity contribution is -0.117. The second-order valence-electron chi connectivity index (χ2n) is 7.84. The van der Waals surface area contributed by atoms with Crippen molar-refractivity contribution in [3.8, 4) is 5.88 Å². The SMILES string of the molecule is CN=C(NCc1ccc(N2CCCC2=O)cc1)NCc1cccnc1OCc1ccccc1. The van der Waals surface area contributed by atoms with Gasteiger partial charge in [0.25, 0.3) is 0 Å². The van der Waals surface area contributed by atoms with Crippen LogP contribution < -0.4 is 20.3 Å². The van der Waals surface area contributed by atoms with Gasteiger partial charge in [0.2, 0.25) is 11.8 Å². The fourth-order valence-electron chi connectivity index (χ4n) is 3.71. The van der Waals surface area contributed by atoms with Crippen molar-refractivity contribution in [1.29, 1.82) is 0 Å². The molecule has 1 fully saturated rings. The Morgan fingerprint density at radius 2 is 1.79 bits per heavy atom. The highest BCUT2D eigenvalue weighted by molar-refractivity contribution is 5.95. The summed E-state index contributed by atoms with van der Waals surface area (Å²) in [4.78, 5) is 22.5. The van der Waals surface area contributed by atoms with E-state index in [1.54, 1.807) is 13.2 Å². The van der Waals surface area contributed by atoms with Crippen LogP contribution in [0.2, 0.25) is 0 Å². The van der Waals surface area contributed by atoms with Gasteiger partial charge in [-0.05, 0) is 35.7 Å². The summed E-state index contributed by atoms with van der Waals surface area (Å²) in [6, 6.07) is 22.0. The van der Waals surface area contributed by atoms with Gasteiger partial charge in [-0.2, -0.15) is 0 Å². The zero-order chi connectivity index (χ0) is 22.9. The molecular formula is C26H29N5O2. The number of ether oxygens (including phenoxy) is 1. The second kappa shape index (κ2) is 11.1. The minimum Gasteiger partial charge on any atom is -0.473 e. The molecule has 7 heteroatoms. The van der Waals surface area contributed by atoms with E-state index in [0.29, 0.717) is 38.0 Å². The minimum atomic E-state index is 0.202. The summed E-state index contributed by atoms with van der Waals surface area (Å²) in [7, 11) is 1.74. The van der Waals surface area contributed by atoms with Gasteiger partial charge in [-0.3, -0.25) is 9.79 Å². The summed E-state index contributed by atoms with van der Waals surface area (Å²) >= 11 is 0. The molecule has 1 aliphatic heterocycles. The van der Waals surface area contributed by atoms with E-state index in [1.165, 1.54) is 0 Å². The number of hydrogen-bond acceptors (Lipinski definition) is 4. The van der Waals surface area contributed by atoms with Crippen LogP contribution in [0.25, 0.3) is 0 Å². The van der Waals surface area contributed by atoms with E-state index < -0.39 is 0 Å². The molecular weight excluding hydrogens is 414 g/mol. The first-order valence-corrected chi connectivity index (χ1v) is 11.2. The van der Waals surface area contributed by atoms with Crippen LogP contribution in [0, 0.1) is 0 Å². The number of amides is 1. The highest BCUT2D eigenvalue weighted by atomic mass is 16.5. The van der Waals surface area contributed by atoms with Crippen molar-refractivity contribution < 1.29 is 9.53 Å². The molecule has 3 aromatic rings. The van der Waals surface area contributed by atoms with Crippen LogP contribution in [-0.2, 0) is 24.5 Å². The van der Waals surface area contributed by atoms with Crippen molar-refractivity contribution in [3.05, 3.63) is 89.6 Å². The molecule has 0 saturated carbocycles. The largest absolute Gasteiger partial charge is 0.473 e. The van der Waals surface area contributed by atoms with Gasteiger partial charge >= 0.3 is 0 Å². The normalized spacial score (nSPS) is 13.8. The molecule has 0 bridgehead atoms. The number of pyridine rings is 1. The fraction of sp³-hybridized carbons (Fsp3) is 0.269. The quantitative estimate of drug-likeness (QED) is 0.410. The molecule has 4 rings (SSSR count). The van der Waals surface area contributed by atoms with E-state index in [0.717, 1.165) is 35.3 Å². The molecule has 33 heavy (non-hydrogen) atoms. The van der Waals surface area contributed by atoms with Crippen molar-refractivity contribution >= 4 is 17.6 Å². The zero-order valence-electron chi connectivity index (χ0n) is 18.8. The number of aliphatic imine (C=N–C) groups is 1. The topological polar surface area (TPSA) is 78.9 Å². The Labute approximate surface area is 194 Å². The van der Waals surface area contributed by atoms with Crippen LogP contribution >= 0.6 is 0 Å². The number of nitrogens with one attached hydrogen (secondary N) is 2. The summed E-state index contributed by atoms with van der Waals surface area (Å²) in [5.41, 5.74) is 4.13. The van der Waals surface area contributed by atoms with E-state index in [-0.39, 0.29) is 5.91 Å². The van der Waals surface area contributed by atoms with Gasteiger partial charge in [-0.15, -0.1) is 0 Å². The van der Waals surface area contributed by atoms with E-state index in [1.807, 2.05) is 71.6 Å². The van der Waals surface area contributed by atoms with Gasteiger partial charge < -0.3 is 20.3 Å². The summed E-state index contributed by atoms with van der Waals surface area (Å²) in [5.74, 6) is 1.50. The summed E-state index contributed by atoms with van der Waals surface area (Å²) in [6.07, 6.45) is 3.30. The van der Waals surface area contributed by atoms with Crippen LogP contribution in [0.1, 0.15) is 29.5 Å². The van der Waals surface area contributed by atoms with E-state index in [2.05, 4.69) is 20.6 Å². The third kappa shape index (κ3) is 6.10. The Bertz CT molecular complexity index is 1080. The van der Waals surface area contributed by atoms with E-state index in [9.17, 15) is 4.79 Å². The van der Waals surface area contributed by atoms with Gasteiger partial charge in [0.1, 0.15) is 6.61 Å². The molecule has 0 atom stereocenters. The first-order valence-electron chi connectivity index (χ1n) is 11.2. The van der Waals surface area contributed by atoms with Crippen LogP contribution in [0.3, 0.4) is 0 Å². The maximum Gasteiger partial charge on any atom is 0.227 e. The molecule has 1 aromatic heterocycles. The highest BCUT2D eigenvalue weighted by Crippen LogP contribution is 2.21. The predicted molar refractivity (Wildman–Crippen MR) is 130 cm³/mol. The number of nitrogens with zero attached hydrogens (tertiary/aromatic N) is 3. The van der Waals surface area contributed by atoms with Crippen molar-refractivity contribution in [3.63, 3.8) is 0 Å². The molecule has 2 aromatic carbocycles. The Morgan fingerprint density at radius 3 is 2.52 bits per heavy atom. The highest BCUT2D eigenvalue weighted by Gasteiger charge is 2.21. The number of aromatic nitrogens is 1. The number of guanidine groups is 1. The lowest BCUT2D eigenvalue weighted by atomic mass is 10.2. The number of benzene rings is 2. The maximum absolute atomic E-state index is 11.9. The average Bonchev–Trinajstić information content (AvgIpc) is 3.30. The summed E-state index contributed by atoms with van der Waals surface area (Å²) in [5, 5.41) is 6.65. The number of hydrogen-bond donors (Lipinski definition) is 2. The van der Waals surface area contributed by atoms with Crippen molar-refractivity contribution in [1.82, 2.24) is 15.6 Å². The van der Waals surface area contributed by atoms with Gasteiger partial charge in [-0.25, -0.2) is 4.98 Å². The lowest BCUT2D eigenvalue weighted by Crippen LogP contribution is -2.36. The van der Waals surface area contributed by atoms with E-state index in [4.69, 9.17) is 4.74 Å². The van der Waals surface area contributed by atoms with Crippen molar-refractivity contribution in [2.45, 2.75) is 32.5 Å². The molecule has 0 aliphatic carbocycles. The minimum absolute atomic E-state index is 0.202. The number of rotatable bonds is 8. The molecule has 170 valence electrons. The molecule has 2 N–H and O–H groups in total. The van der Waals surface area contributed by atoms with Crippen LogP contribution in [-0.4, -0.2) is 30.4 Å². The lowest BCUT2D eigenvalue weighted by Gasteiger charge is -2.17. The Kier molecular flexibility index (Phi) is 7.53. The van der Waals surface area contributed by atoms with Gasteiger partial charge in [0, 0.05) is 50.6 Å². The molecule has 0 radical (unpaired) electrons. The number of anilines is 1. The molecule has 1 aliphatic rings. The predicted octanol–water partition coefficient (Wildman–Crippen LogP) is 3.65. The van der Waals surface area contributed by atoms with Gasteiger partial charge in [-0.1, -0.05) is 48.5 Å². The van der Waals surface area contributed by atoms with Gasteiger partial charge in [0.15, 0.2) is 5.96 Å².